The van der Waals surface area contributed by atoms with Crippen LogP contribution in [-0.2, 0) is 0 Å². The van der Waals surface area contributed by atoms with E-state index < -0.39 is 0 Å². The van der Waals surface area contributed by atoms with Crippen molar-refractivity contribution < 1.29 is 0 Å². The van der Waals surface area contributed by atoms with Gasteiger partial charge in [-0.2, -0.15) is 0 Å². The van der Waals surface area contributed by atoms with Crippen molar-refractivity contribution in [2.75, 3.05) is 13.1 Å². The Morgan fingerprint density at radius 2 is 1.67 bits per heavy atom. The summed E-state index contributed by atoms with van der Waals surface area (Å²) in [6, 6.07) is 0. The molecule has 0 spiro atoms. The minimum Gasteiger partial charge on any atom is -0.316 e. The third-order valence-corrected chi connectivity index (χ3v) is 3.59. The molecule has 0 aliphatic heterocycles. The SMILES string of the molecule is CCCC(C)(CNCC)CC(CC)CC. The Bertz CT molecular complexity index is 140. The highest BCUT2D eigenvalue weighted by molar-refractivity contribution is 4.79. The summed E-state index contributed by atoms with van der Waals surface area (Å²) >= 11 is 0. The van der Waals surface area contributed by atoms with Gasteiger partial charge in [-0.25, -0.2) is 0 Å². The Morgan fingerprint density at radius 1 is 1.07 bits per heavy atom. The van der Waals surface area contributed by atoms with Gasteiger partial charge in [0.05, 0.1) is 0 Å². The smallest absolute Gasteiger partial charge is 0.000514 e. The molecule has 1 heteroatoms. The zero-order valence-corrected chi connectivity index (χ0v) is 11.5. The minimum absolute atomic E-state index is 0.515. The maximum atomic E-state index is 3.53. The van der Waals surface area contributed by atoms with Crippen LogP contribution in [0.1, 0.15) is 66.7 Å². The Kier molecular flexibility index (Phi) is 8.13. The fraction of sp³-hybridized carbons (Fsp3) is 1.00. The molecule has 0 bridgehead atoms. The minimum atomic E-state index is 0.515. The van der Waals surface area contributed by atoms with Crippen molar-refractivity contribution in [3.8, 4) is 0 Å². The van der Waals surface area contributed by atoms with Gasteiger partial charge < -0.3 is 5.32 Å². The molecule has 0 rings (SSSR count). The summed E-state index contributed by atoms with van der Waals surface area (Å²) < 4.78 is 0. The van der Waals surface area contributed by atoms with E-state index in [9.17, 15) is 0 Å². The zero-order valence-electron chi connectivity index (χ0n) is 11.5. The van der Waals surface area contributed by atoms with Crippen molar-refractivity contribution in [2.24, 2.45) is 11.3 Å². The summed E-state index contributed by atoms with van der Waals surface area (Å²) in [7, 11) is 0. The molecule has 0 heterocycles. The van der Waals surface area contributed by atoms with Crippen LogP contribution in [0.25, 0.3) is 0 Å². The third kappa shape index (κ3) is 6.19. The molecular formula is C14H31N. The molecule has 92 valence electrons. The van der Waals surface area contributed by atoms with Crippen molar-refractivity contribution in [1.82, 2.24) is 5.32 Å². The van der Waals surface area contributed by atoms with E-state index in [0.29, 0.717) is 5.41 Å². The number of rotatable bonds is 9. The predicted molar refractivity (Wildman–Crippen MR) is 70.2 cm³/mol. The molecule has 1 atom stereocenters. The monoisotopic (exact) mass is 213 g/mol. The topological polar surface area (TPSA) is 12.0 Å². The van der Waals surface area contributed by atoms with E-state index in [1.54, 1.807) is 0 Å². The van der Waals surface area contributed by atoms with E-state index in [2.05, 4.69) is 39.9 Å². The van der Waals surface area contributed by atoms with Gasteiger partial charge >= 0.3 is 0 Å². The summed E-state index contributed by atoms with van der Waals surface area (Å²) in [5, 5.41) is 3.53. The normalized spacial score (nSPS) is 15.6. The highest BCUT2D eigenvalue weighted by atomic mass is 14.9. The summed E-state index contributed by atoms with van der Waals surface area (Å²) in [5.41, 5.74) is 0.515. The van der Waals surface area contributed by atoms with Crippen LogP contribution in [0.5, 0.6) is 0 Å². The fourth-order valence-corrected chi connectivity index (χ4v) is 2.57. The average molecular weight is 213 g/mol. The summed E-state index contributed by atoms with van der Waals surface area (Å²) in [6.07, 6.45) is 6.73. The van der Waals surface area contributed by atoms with E-state index in [1.807, 2.05) is 0 Å². The molecule has 1 nitrogen and oxygen atoms in total. The first-order valence-electron chi connectivity index (χ1n) is 6.82. The van der Waals surface area contributed by atoms with Crippen molar-refractivity contribution in [1.29, 1.82) is 0 Å². The van der Waals surface area contributed by atoms with Crippen molar-refractivity contribution in [3.63, 3.8) is 0 Å². The van der Waals surface area contributed by atoms with Gasteiger partial charge in [-0.3, -0.25) is 0 Å². The second-order valence-electron chi connectivity index (χ2n) is 5.23. The molecule has 0 amide bonds. The maximum absolute atomic E-state index is 3.53. The van der Waals surface area contributed by atoms with E-state index in [4.69, 9.17) is 0 Å². The second kappa shape index (κ2) is 8.15. The quantitative estimate of drug-likeness (QED) is 0.604. The largest absolute Gasteiger partial charge is 0.316 e. The molecule has 0 aromatic rings. The number of hydrogen-bond acceptors (Lipinski definition) is 1. The predicted octanol–water partition coefficient (Wildman–Crippen LogP) is 4.23. The van der Waals surface area contributed by atoms with Gasteiger partial charge in [0, 0.05) is 6.54 Å². The highest BCUT2D eigenvalue weighted by Crippen LogP contribution is 2.33. The lowest BCUT2D eigenvalue weighted by atomic mass is 9.76. The molecular weight excluding hydrogens is 182 g/mol. The lowest BCUT2D eigenvalue weighted by molar-refractivity contribution is 0.205. The maximum Gasteiger partial charge on any atom is 0.000514 e. The summed E-state index contributed by atoms with van der Waals surface area (Å²) in [6.45, 7) is 13.9. The first kappa shape index (κ1) is 15.0. The van der Waals surface area contributed by atoms with Gasteiger partial charge in [-0.1, -0.05) is 53.9 Å². The molecule has 0 saturated heterocycles. The van der Waals surface area contributed by atoms with Crippen molar-refractivity contribution >= 4 is 0 Å². The average Bonchev–Trinajstić information content (AvgIpc) is 2.24. The van der Waals surface area contributed by atoms with Crippen molar-refractivity contribution in [2.45, 2.75) is 66.7 Å². The molecule has 0 aliphatic rings. The standard InChI is InChI=1S/C14H31N/c1-6-10-14(5,12-15-9-4)11-13(7-2)8-3/h13,15H,6-12H2,1-5H3. The Balaban J connectivity index is 4.20. The van der Waals surface area contributed by atoms with Crippen LogP contribution in [0, 0.1) is 11.3 Å². The van der Waals surface area contributed by atoms with Crippen LogP contribution in [0.4, 0.5) is 0 Å². The van der Waals surface area contributed by atoms with Crippen LogP contribution in [0.15, 0.2) is 0 Å². The van der Waals surface area contributed by atoms with E-state index in [1.165, 1.54) is 38.6 Å². The number of hydrogen-bond donors (Lipinski definition) is 1. The molecule has 15 heavy (non-hydrogen) atoms. The number of nitrogens with one attached hydrogen (secondary N) is 1. The Morgan fingerprint density at radius 3 is 2.07 bits per heavy atom. The van der Waals surface area contributed by atoms with Gasteiger partial charge in [0.2, 0.25) is 0 Å². The van der Waals surface area contributed by atoms with Crippen molar-refractivity contribution in [3.05, 3.63) is 0 Å². The Labute approximate surface area is 97.0 Å². The van der Waals surface area contributed by atoms with Gasteiger partial charge in [0.15, 0.2) is 0 Å². The molecule has 1 N–H and O–H groups in total. The molecule has 0 saturated carbocycles. The van der Waals surface area contributed by atoms with E-state index >= 15 is 0 Å². The second-order valence-corrected chi connectivity index (χ2v) is 5.23. The Hall–Kier alpha value is -0.0400. The zero-order chi connectivity index (χ0) is 11.7. The third-order valence-electron chi connectivity index (χ3n) is 3.59. The van der Waals surface area contributed by atoms with Crippen LogP contribution >= 0.6 is 0 Å². The lowest BCUT2D eigenvalue weighted by Crippen LogP contribution is -2.33. The van der Waals surface area contributed by atoms with Gasteiger partial charge in [-0.15, -0.1) is 0 Å². The van der Waals surface area contributed by atoms with E-state index in [-0.39, 0.29) is 0 Å². The molecule has 0 fully saturated rings. The lowest BCUT2D eigenvalue weighted by Gasteiger charge is -2.33. The summed E-state index contributed by atoms with van der Waals surface area (Å²) in [5.74, 6) is 0.917. The molecule has 0 radical (unpaired) electrons. The highest BCUT2D eigenvalue weighted by Gasteiger charge is 2.25. The summed E-state index contributed by atoms with van der Waals surface area (Å²) in [4.78, 5) is 0. The molecule has 0 aromatic heterocycles. The fourth-order valence-electron chi connectivity index (χ4n) is 2.57. The van der Waals surface area contributed by atoms with Gasteiger partial charge in [0.1, 0.15) is 0 Å². The first-order valence-corrected chi connectivity index (χ1v) is 6.82. The van der Waals surface area contributed by atoms with E-state index in [0.717, 1.165) is 12.5 Å². The van der Waals surface area contributed by atoms with Crippen LogP contribution in [0.3, 0.4) is 0 Å². The van der Waals surface area contributed by atoms with Crippen LogP contribution in [0.2, 0.25) is 0 Å². The van der Waals surface area contributed by atoms with Crippen LogP contribution in [-0.4, -0.2) is 13.1 Å². The molecule has 1 unspecified atom stereocenters. The van der Waals surface area contributed by atoms with Gasteiger partial charge in [0.25, 0.3) is 0 Å². The first-order chi connectivity index (χ1) is 7.11. The van der Waals surface area contributed by atoms with Gasteiger partial charge in [-0.05, 0) is 30.7 Å². The molecule has 0 aliphatic carbocycles. The molecule has 0 aromatic carbocycles. The van der Waals surface area contributed by atoms with Crippen LogP contribution < -0.4 is 5.32 Å².